The minimum Gasteiger partial charge on any atom is -0.309 e. The molecule has 2 heterocycles. The number of amides is 1. The normalized spacial score (nSPS) is 22.0. The second-order valence-corrected chi connectivity index (χ2v) is 6.14. The molecule has 4 heteroatoms. The van der Waals surface area contributed by atoms with Crippen molar-refractivity contribution in [2.45, 2.75) is 46.6 Å². The first-order valence-corrected chi connectivity index (χ1v) is 6.88. The molecule has 1 saturated heterocycles. The summed E-state index contributed by atoms with van der Waals surface area (Å²) in [7, 11) is 0. The third-order valence-electron chi connectivity index (χ3n) is 3.74. The van der Waals surface area contributed by atoms with Gasteiger partial charge in [0.05, 0.1) is 6.04 Å². The zero-order chi connectivity index (χ0) is 14.0. The van der Waals surface area contributed by atoms with Crippen LogP contribution in [-0.2, 0) is 4.79 Å². The molecule has 1 aromatic rings. The predicted octanol–water partition coefficient (Wildman–Crippen LogP) is 2.42. The molecule has 2 rings (SSSR count). The van der Waals surface area contributed by atoms with E-state index in [1.807, 2.05) is 26.0 Å². The zero-order valence-electron chi connectivity index (χ0n) is 12.2. The predicted molar refractivity (Wildman–Crippen MR) is 77.1 cm³/mol. The fourth-order valence-electron chi connectivity index (χ4n) is 2.76. The van der Waals surface area contributed by atoms with Gasteiger partial charge in [-0.15, -0.1) is 0 Å². The molecule has 2 N–H and O–H groups in total. The Morgan fingerprint density at radius 1 is 1.42 bits per heavy atom. The Bertz CT molecular complexity index is 462. The van der Waals surface area contributed by atoms with E-state index in [0.29, 0.717) is 5.82 Å². The van der Waals surface area contributed by atoms with Crippen LogP contribution in [0.25, 0.3) is 0 Å². The van der Waals surface area contributed by atoms with Crippen LogP contribution in [0.4, 0.5) is 5.82 Å². The number of rotatable bonds is 2. The van der Waals surface area contributed by atoms with Crippen molar-refractivity contribution >= 4 is 11.7 Å². The van der Waals surface area contributed by atoms with Gasteiger partial charge in [0.25, 0.3) is 0 Å². The highest BCUT2D eigenvalue weighted by Gasteiger charge is 2.37. The summed E-state index contributed by atoms with van der Waals surface area (Å²) < 4.78 is 0. The topological polar surface area (TPSA) is 54.0 Å². The monoisotopic (exact) mass is 261 g/mol. The highest BCUT2D eigenvalue weighted by molar-refractivity contribution is 5.94. The van der Waals surface area contributed by atoms with Gasteiger partial charge in [0.15, 0.2) is 0 Å². The Hall–Kier alpha value is -1.42. The van der Waals surface area contributed by atoms with Crippen LogP contribution in [0.1, 0.15) is 37.9 Å². The Kier molecular flexibility index (Phi) is 3.90. The van der Waals surface area contributed by atoms with Gasteiger partial charge in [0.2, 0.25) is 5.91 Å². The number of hydrogen-bond donors (Lipinski definition) is 2. The number of aromatic nitrogens is 1. The molecule has 1 unspecified atom stereocenters. The maximum absolute atomic E-state index is 12.4. The van der Waals surface area contributed by atoms with Crippen molar-refractivity contribution in [1.29, 1.82) is 0 Å². The molecule has 1 amide bonds. The maximum Gasteiger partial charge on any atom is 0.243 e. The zero-order valence-corrected chi connectivity index (χ0v) is 12.2. The van der Waals surface area contributed by atoms with Crippen molar-refractivity contribution in [2.24, 2.45) is 5.41 Å². The molecular weight excluding hydrogens is 238 g/mol. The third-order valence-corrected chi connectivity index (χ3v) is 3.74. The minimum atomic E-state index is -0.149. The summed E-state index contributed by atoms with van der Waals surface area (Å²) in [6.07, 6.45) is 2.19. The fourth-order valence-corrected chi connectivity index (χ4v) is 2.76. The van der Waals surface area contributed by atoms with E-state index in [9.17, 15) is 4.79 Å². The van der Waals surface area contributed by atoms with Gasteiger partial charge in [-0.1, -0.05) is 13.8 Å². The Morgan fingerprint density at radius 2 is 2.16 bits per heavy atom. The summed E-state index contributed by atoms with van der Waals surface area (Å²) in [6.45, 7) is 9.12. The summed E-state index contributed by atoms with van der Waals surface area (Å²) in [5.74, 6) is 0.660. The van der Waals surface area contributed by atoms with Crippen molar-refractivity contribution in [2.75, 3.05) is 11.9 Å². The minimum absolute atomic E-state index is 0.0127. The van der Waals surface area contributed by atoms with E-state index in [0.717, 1.165) is 30.6 Å². The van der Waals surface area contributed by atoms with E-state index < -0.39 is 0 Å². The molecule has 0 radical (unpaired) electrons. The highest BCUT2D eigenvalue weighted by Crippen LogP contribution is 2.30. The number of hydrogen-bond acceptors (Lipinski definition) is 3. The number of nitrogens with one attached hydrogen (secondary N) is 2. The second kappa shape index (κ2) is 5.29. The lowest BCUT2D eigenvalue weighted by Gasteiger charge is -2.38. The lowest BCUT2D eigenvalue weighted by Crippen LogP contribution is -2.53. The maximum atomic E-state index is 12.4. The van der Waals surface area contributed by atoms with Crippen LogP contribution in [0.3, 0.4) is 0 Å². The van der Waals surface area contributed by atoms with Crippen LogP contribution >= 0.6 is 0 Å². The molecule has 104 valence electrons. The number of aryl methyl sites for hydroxylation is 2. The molecule has 0 bridgehead atoms. The molecule has 1 atom stereocenters. The van der Waals surface area contributed by atoms with E-state index in [1.165, 1.54) is 0 Å². The quantitative estimate of drug-likeness (QED) is 0.859. The van der Waals surface area contributed by atoms with Crippen LogP contribution in [0.2, 0.25) is 0 Å². The molecule has 1 aliphatic heterocycles. The molecule has 0 saturated carbocycles. The van der Waals surface area contributed by atoms with E-state index in [1.54, 1.807) is 0 Å². The van der Waals surface area contributed by atoms with Crippen molar-refractivity contribution in [1.82, 2.24) is 10.3 Å². The van der Waals surface area contributed by atoms with Crippen molar-refractivity contribution in [3.63, 3.8) is 0 Å². The first kappa shape index (κ1) is 14.0. The smallest absolute Gasteiger partial charge is 0.243 e. The van der Waals surface area contributed by atoms with Gasteiger partial charge >= 0.3 is 0 Å². The summed E-state index contributed by atoms with van der Waals surface area (Å²) in [5.41, 5.74) is 2.02. The number of piperidine rings is 1. The van der Waals surface area contributed by atoms with Crippen LogP contribution in [0.15, 0.2) is 12.1 Å². The summed E-state index contributed by atoms with van der Waals surface area (Å²) >= 11 is 0. The van der Waals surface area contributed by atoms with E-state index in [-0.39, 0.29) is 17.4 Å². The molecule has 0 aromatic carbocycles. The number of pyridine rings is 1. The summed E-state index contributed by atoms with van der Waals surface area (Å²) in [6, 6.07) is 3.75. The van der Waals surface area contributed by atoms with Gasteiger partial charge < -0.3 is 10.6 Å². The summed E-state index contributed by atoms with van der Waals surface area (Å²) in [5, 5.41) is 6.26. The molecule has 0 spiro atoms. The Morgan fingerprint density at radius 3 is 2.79 bits per heavy atom. The van der Waals surface area contributed by atoms with Crippen molar-refractivity contribution in [3.05, 3.63) is 23.4 Å². The Balaban J connectivity index is 2.12. The van der Waals surface area contributed by atoms with E-state index in [4.69, 9.17) is 0 Å². The Labute approximate surface area is 115 Å². The number of nitrogens with zero attached hydrogens (tertiary/aromatic N) is 1. The second-order valence-electron chi connectivity index (χ2n) is 6.14. The van der Waals surface area contributed by atoms with Crippen LogP contribution in [-0.4, -0.2) is 23.5 Å². The van der Waals surface area contributed by atoms with Gasteiger partial charge in [-0.2, -0.15) is 0 Å². The first-order valence-electron chi connectivity index (χ1n) is 6.88. The average Bonchev–Trinajstić information content (AvgIpc) is 2.26. The van der Waals surface area contributed by atoms with Gasteiger partial charge in [-0.05, 0) is 56.3 Å². The third kappa shape index (κ3) is 3.32. The van der Waals surface area contributed by atoms with Crippen LogP contribution < -0.4 is 10.6 Å². The van der Waals surface area contributed by atoms with Crippen molar-refractivity contribution < 1.29 is 4.79 Å². The van der Waals surface area contributed by atoms with Crippen LogP contribution in [0, 0.1) is 19.3 Å². The van der Waals surface area contributed by atoms with E-state index in [2.05, 4.69) is 29.5 Å². The van der Waals surface area contributed by atoms with Gasteiger partial charge in [0.1, 0.15) is 5.82 Å². The largest absolute Gasteiger partial charge is 0.309 e. The van der Waals surface area contributed by atoms with Crippen LogP contribution in [0.5, 0.6) is 0 Å². The van der Waals surface area contributed by atoms with Gasteiger partial charge in [-0.3, -0.25) is 4.79 Å². The highest BCUT2D eigenvalue weighted by atomic mass is 16.2. The SMILES string of the molecule is Cc1cc(C)nc(NC(=O)C2NCCCC2(C)C)c1. The van der Waals surface area contributed by atoms with Crippen molar-refractivity contribution in [3.8, 4) is 0 Å². The van der Waals surface area contributed by atoms with Gasteiger partial charge in [0, 0.05) is 5.69 Å². The lowest BCUT2D eigenvalue weighted by atomic mass is 9.77. The summed E-state index contributed by atoms with van der Waals surface area (Å²) in [4.78, 5) is 16.7. The molecule has 1 fully saturated rings. The number of anilines is 1. The molecule has 1 aliphatic rings. The average molecular weight is 261 g/mol. The molecule has 1 aromatic heterocycles. The molecular formula is C15H23N3O. The number of carbonyl (C=O) groups is 1. The van der Waals surface area contributed by atoms with E-state index >= 15 is 0 Å². The number of carbonyl (C=O) groups excluding carboxylic acids is 1. The molecule has 4 nitrogen and oxygen atoms in total. The lowest BCUT2D eigenvalue weighted by molar-refractivity contribution is -0.121. The standard InChI is InChI=1S/C15H23N3O/c1-10-8-11(2)17-12(9-10)18-14(19)13-15(3,4)6-5-7-16-13/h8-9,13,16H,5-7H2,1-4H3,(H,17,18,19). The molecule has 0 aliphatic carbocycles. The molecule has 19 heavy (non-hydrogen) atoms. The fraction of sp³-hybridized carbons (Fsp3) is 0.600. The first-order chi connectivity index (χ1) is 8.88. The van der Waals surface area contributed by atoms with Gasteiger partial charge in [-0.25, -0.2) is 4.98 Å².